The van der Waals surface area contributed by atoms with Crippen LogP contribution in [0.3, 0.4) is 0 Å². The summed E-state index contributed by atoms with van der Waals surface area (Å²) < 4.78 is 0. The van der Waals surface area contributed by atoms with Crippen molar-refractivity contribution in [2.75, 3.05) is 5.32 Å². The third-order valence-corrected chi connectivity index (χ3v) is 3.98. The molecular formula is C16H17NO3S. The Bertz CT molecular complexity index is 608. The van der Waals surface area contributed by atoms with Gasteiger partial charge in [0.25, 0.3) is 0 Å². The van der Waals surface area contributed by atoms with Gasteiger partial charge in [-0.05, 0) is 35.9 Å². The van der Waals surface area contributed by atoms with Gasteiger partial charge in [-0.1, -0.05) is 24.3 Å². The van der Waals surface area contributed by atoms with E-state index in [9.17, 15) is 9.59 Å². The molecule has 0 unspecified atom stereocenters. The number of carbonyl (C=O) groups is 2. The van der Waals surface area contributed by atoms with Gasteiger partial charge < -0.3 is 10.4 Å². The van der Waals surface area contributed by atoms with E-state index in [2.05, 4.69) is 11.4 Å². The third-order valence-electron chi connectivity index (χ3n) is 3.04. The number of carboxylic acid groups (broad SMARTS) is 1. The van der Waals surface area contributed by atoms with Crippen LogP contribution in [0.4, 0.5) is 5.69 Å². The first-order valence-corrected chi connectivity index (χ1v) is 7.65. The average molecular weight is 303 g/mol. The highest BCUT2D eigenvalue weighted by Gasteiger charge is 2.09. The Labute approximate surface area is 127 Å². The van der Waals surface area contributed by atoms with Gasteiger partial charge in [0.05, 0.1) is 6.42 Å². The van der Waals surface area contributed by atoms with Crippen molar-refractivity contribution in [3.05, 3.63) is 52.2 Å². The van der Waals surface area contributed by atoms with Gasteiger partial charge >= 0.3 is 5.97 Å². The molecule has 4 nitrogen and oxygen atoms in total. The molecule has 0 fully saturated rings. The first-order chi connectivity index (χ1) is 10.1. The van der Waals surface area contributed by atoms with Crippen molar-refractivity contribution in [1.82, 2.24) is 0 Å². The molecule has 110 valence electrons. The van der Waals surface area contributed by atoms with Crippen LogP contribution in [-0.2, 0) is 22.4 Å². The molecule has 0 saturated heterocycles. The quantitative estimate of drug-likeness (QED) is 0.824. The second-order valence-electron chi connectivity index (χ2n) is 4.71. The summed E-state index contributed by atoms with van der Waals surface area (Å²) in [7, 11) is 0. The van der Waals surface area contributed by atoms with E-state index in [-0.39, 0.29) is 12.3 Å². The smallest absolute Gasteiger partial charge is 0.307 e. The van der Waals surface area contributed by atoms with Crippen LogP contribution in [0, 0.1) is 0 Å². The maximum absolute atomic E-state index is 11.9. The number of nitrogens with one attached hydrogen (secondary N) is 1. The number of aryl methyl sites for hydroxylation is 1. The van der Waals surface area contributed by atoms with Crippen molar-refractivity contribution in [2.45, 2.75) is 25.7 Å². The number of thiophene rings is 1. The number of aliphatic carboxylic acids is 1. The molecule has 0 aliphatic heterocycles. The van der Waals surface area contributed by atoms with E-state index >= 15 is 0 Å². The second kappa shape index (κ2) is 7.59. The van der Waals surface area contributed by atoms with E-state index < -0.39 is 5.97 Å². The summed E-state index contributed by atoms with van der Waals surface area (Å²) in [6.07, 6.45) is 2.01. The summed E-state index contributed by atoms with van der Waals surface area (Å²) in [5, 5.41) is 13.7. The number of benzene rings is 1. The van der Waals surface area contributed by atoms with E-state index in [0.29, 0.717) is 17.7 Å². The molecular weight excluding hydrogens is 286 g/mol. The minimum absolute atomic E-state index is 0.0793. The molecule has 21 heavy (non-hydrogen) atoms. The summed E-state index contributed by atoms with van der Waals surface area (Å²) in [5.74, 6) is -0.987. The van der Waals surface area contributed by atoms with Crippen LogP contribution in [0.1, 0.15) is 23.3 Å². The lowest BCUT2D eigenvalue weighted by Crippen LogP contribution is -2.14. The number of amides is 1. The van der Waals surface area contributed by atoms with Gasteiger partial charge in [-0.3, -0.25) is 9.59 Å². The molecule has 0 aliphatic carbocycles. The van der Waals surface area contributed by atoms with E-state index in [0.717, 1.165) is 12.8 Å². The molecule has 0 spiro atoms. The SMILES string of the molecule is O=C(O)Cc1ccccc1NC(=O)CCCc1cccs1. The number of para-hydroxylation sites is 1. The summed E-state index contributed by atoms with van der Waals surface area (Å²) in [6.45, 7) is 0. The normalized spacial score (nSPS) is 10.3. The Morgan fingerprint density at radius 3 is 2.67 bits per heavy atom. The fourth-order valence-corrected chi connectivity index (χ4v) is 2.80. The van der Waals surface area contributed by atoms with Gasteiger partial charge in [0, 0.05) is 17.0 Å². The van der Waals surface area contributed by atoms with Gasteiger partial charge in [-0.2, -0.15) is 0 Å². The van der Waals surface area contributed by atoms with E-state index in [4.69, 9.17) is 5.11 Å². The zero-order valence-electron chi connectivity index (χ0n) is 11.5. The minimum atomic E-state index is -0.908. The van der Waals surface area contributed by atoms with Crippen molar-refractivity contribution in [1.29, 1.82) is 0 Å². The van der Waals surface area contributed by atoms with Crippen molar-refractivity contribution >= 4 is 28.9 Å². The van der Waals surface area contributed by atoms with Crippen LogP contribution in [-0.4, -0.2) is 17.0 Å². The fraction of sp³-hybridized carbons (Fsp3) is 0.250. The highest BCUT2D eigenvalue weighted by molar-refractivity contribution is 7.09. The predicted octanol–water partition coefficient (Wildman–Crippen LogP) is 3.34. The molecule has 0 radical (unpaired) electrons. The highest BCUT2D eigenvalue weighted by atomic mass is 32.1. The number of carbonyl (C=O) groups excluding carboxylic acids is 1. The van der Waals surface area contributed by atoms with E-state index in [1.807, 2.05) is 11.4 Å². The molecule has 1 heterocycles. The second-order valence-corrected chi connectivity index (χ2v) is 5.74. The number of rotatable bonds is 7. The molecule has 2 N–H and O–H groups in total. The van der Waals surface area contributed by atoms with Crippen molar-refractivity contribution in [3.8, 4) is 0 Å². The van der Waals surface area contributed by atoms with Crippen molar-refractivity contribution in [2.24, 2.45) is 0 Å². The molecule has 0 bridgehead atoms. The van der Waals surface area contributed by atoms with E-state index in [1.54, 1.807) is 35.6 Å². The summed E-state index contributed by atoms with van der Waals surface area (Å²) in [6, 6.07) is 11.1. The molecule has 1 aromatic carbocycles. The van der Waals surface area contributed by atoms with Crippen LogP contribution in [0.25, 0.3) is 0 Å². The van der Waals surface area contributed by atoms with Crippen LogP contribution in [0.5, 0.6) is 0 Å². The predicted molar refractivity (Wildman–Crippen MR) is 83.7 cm³/mol. The van der Waals surface area contributed by atoms with Gasteiger partial charge in [-0.25, -0.2) is 0 Å². The molecule has 1 amide bonds. The lowest BCUT2D eigenvalue weighted by atomic mass is 10.1. The zero-order chi connectivity index (χ0) is 15.1. The topological polar surface area (TPSA) is 66.4 Å². The van der Waals surface area contributed by atoms with Gasteiger partial charge in [0.1, 0.15) is 0 Å². The average Bonchev–Trinajstić information content (AvgIpc) is 2.93. The fourth-order valence-electron chi connectivity index (χ4n) is 2.05. The molecule has 1 aromatic heterocycles. The van der Waals surface area contributed by atoms with Crippen molar-refractivity contribution < 1.29 is 14.7 Å². The maximum Gasteiger partial charge on any atom is 0.307 e. The van der Waals surface area contributed by atoms with Crippen LogP contribution in [0.15, 0.2) is 41.8 Å². The monoisotopic (exact) mass is 303 g/mol. The molecule has 2 rings (SSSR count). The lowest BCUT2D eigenvalue weighted by molar-refractivity contribution is -0.136. The van der Waals surface area contributed by atoms with Crippen LogP contribution in [0.2, 0.25) is 0 Å². The first kappa shape index (κ1) is 15.3. The van der Waals surface area contributed by atoms with Crippen LogP contribution < -0.4 is 5.32 Å². The largest absolute Gasteiger partial charge is 0.481 e. The maximum atomic E-state index is 11.9. The Kier molecular flexibility index (Phi) is 5.51. The summed E-state index contributed by atoms with van der Waals surface area (Å²) >= 11 is 1.69. The molecule has 0 aliphatic rings. The third kappa shape index (κ3) is 5.04. The number of carboxylic acids is 1. The minimum Gasteiger partial charge on any atom is -0.481 e. The Morgan fingerprint density at radius 2 is 1.95 bits per heavy atom. The lowest BCUT2D eigenvalue weighted by Gasteiger charge is -2.09. The Balaban J connectivity index is 1.86. The highest BCUT2D eigenvalue weighted by Crippen LogP contribution is 2.17. The standard InChI is InChI=1S/C16H17NO3S/c18-15(9-3-6-13-7-4-10-21-13)17-14-8-2-1-5-12(14)11-16(19)20/h1-2,4-5,7-8,10H,3,6,9,11H2,(H,17,18)(H,19,20). The van der Waals surface area contributed by atoms with Crippen LogP contribution >= 0.6 is 11.3 Å². The number of hydrogen-bond acceptors (Lipinski definition) is 3. The Morgan fingerprint density at radius 1 is 1.14 bits per heavy atom. The molecule has 5 heteroatoms. The van der Waals surface area contributed by atoms with Crippen molar-refractivity contribution in [3.63, 3.8) is 0 Å². The number of anilines is 1. The molecule has 0 atom stereocenters. The molecule has 0 saturated carbocycles. The summed E-state index contributed by atoms with van der Waals surface area (Å²) in [5.41, 5.74) is 1.21. The van der Waals surface area contributed by atoms with Gasteiger partial charge in [0.15, 0.2) is 0 Å². The zero-order valence-corrected chi connectivity index (χ0v) is 12.4. The van der Waals surface area contributed by atoms with Gasteiger partial charge in [-0.15, -0.1) is 11.3 Å². The molecule has 2 aromatic rings. The van der Waals surface area contributed by atoms with Gasteiger partial charge in [0.2, 0.25) is 5.91 Å². The number of hydrogen-bond donors (Lipinski definition) is 2. The summed E-state index contributed by atoms with van der Waals surface area (Å²) in [4.78, 5) is 24.0. The van der Waals surface area contributed by atoms with E-state index in [1.165, 1.54) is 4.88 Å². The first-order valence-electron chi connectivity index (χ1n) is 6.77. The Hall–Kier alpha value is -2.14.